The van der Waals surface area contributed by atoms with Gasteiger partial charge in [-0.25, -0.2) is 4.39 Å². The monoisotopic (exact) mass is 307 g/mol. The fraction of sp³-hybridized carbons (Fsp3) is 0.294. The Hall–Kier alpha value is -1.58. The summed E-state index contributed by atoms with van der Waals surface area (Å²) in [6.45, 7) is 4.05. The number of hydrogen-bond acceptors (Lipinski definition) is 2. The highest BCUT2D eigenvalue weighted by Gasteiger charge is 2.16. The topological polar surface area (TPSA) is 35.2 Å². The van der Waals surface area contributed by atoms with Gasteiger partial charge >= 0.3 is 0 Å². The van der Waals surface area contributed by atoms with Gasteiger partial charge in [-0.3, -0.25) is 0 Å². The number of benzene rings is 2. The third kappa shape index (κ3) is 4.73. The van der Waals surface area contributed by atoms with Crippen LogP contribution in [-0.4, -0.2) is 5.54 Å². The van der Waals surface area contributed by atoms with Crippen LogP contribution in [0.1, 0.15) is 25.0 Å². The van der Waals surface area contributed by atoms with Gasteiger partial charge in [0.1, 0.15) is 6.61 Å². The molecule has 2 nitrogen and oxygen atoms in total. The van der Waals surface area contributed by atoms with Crippen LogP contribution in [0.5, 0.6) is 5.75 Å². The molecule has 0 bridgehead atoms. The zero-order valence-corrected chi connectivity index (χ0v) is 13.0. The SMILES string of the molecule is CC(C)(N)Cc1cc(F)c(OCc2ccccc2)c(Cl)c1. The molecule has 0 amide bonds. The summed E-state index contributed by atoms with van der Waals surface area (Å²) >= 11 is 6.12. The van der Waals surface area contributed by atoms with Gasteiger partial charge in [-0.2, -0.15) is 0 Å². The maximum atomic E-state index is 14.1. The van der Waals surface area contributed by atoms with E-state index in [0.717, 1.165) is 11.1 Å². The Morgan fingerprint density at radius 1 is 1.14 bits per heavy atom. The summed E-state index contributed by atoms with van der Waals surface area (Å²) in [5, 5.41) is 0.269. The lowest BCUT2D eigenvalue weighted by molar-refractivity contribution is 0.290. The molecule has 0 fully saturated rings. The quantitative estimate of drug-likeness (QED) is 0.892. The first-order valence-electron chi connectivity index (χ1n) is 6.79. The third-order valence-electron chi connectivity index (χ3n) is 2.94. The second-order valence-corrected chi connectivity index (χ2v) is 6.24. The minimum Gasteiger partial charge on any atom is -0.484 e. The van der Waals surface area contributed by atoms with Gasteiger partial charge in [-0.1, -0.05) is 41.9 Å². The van der Waals surface area contributed by atoms with E-state index >= 15 is 0 Å². The van der Waals surface area contributed by atoms with Crippen LogP contribution >= 0.6 is 11.6 Å². The summed E-state index contributed by atoms with van der Waals surface area (Å²) in [5.74, 6) is -0.378. The summed E-state index contributed by atoms with van der Waals surface area (Å²) in [7, 11) is 0. The molecular weight excluding hydrogens is 289 g/mol. The van der Waals surface area contributed by atoms with Gasteiger partial charge < -0.3 is 10.5 Å². The smallest absolute Gasteiger partial charge is 0.174 e. The van der Waals surface area contributed by atoms with E-state index in [0.29, 0.717) is 6.42 Å². The van der Waals surface area contributed by atoms with Crippen molar-refractivity contribution in [1.82, 2.24) is 0 Å². The zero-order valence-electron chi connectivity index (χ0n) is 12.2. The Labute approximate surface area is 129 Å². The van der Waals surface area contributed by atoms with Crippen molar-refractivity contribution in [3.63, 3.8) is 0 Å². The fourth-order valence-electron chi connectivity index (χ4n) is 2.11. The van der Waals surface area contributed by atoms with E-state index in [1.165, 1.54) is 6.07 Å². The van der Waals surface area contributed by atoms with Gasteiger partial charge in [0.25, 0.3) is 0 Å². The summed E-state index contributed by atoms with van der Waals surface area (Å²) in [6, 6.07) is 12.7. The van der Waals surface area contributed by atoms with E-state index in [9.17, 15) is 4.39 Å². The predicted octanol–water partition coefficient (Wildman–Crippen LogP) is 4.34. The minimum absolute atomic E-state index is 0.0825. The van der Waals surface area contributed by atoms with Gasteiger partial charge in [0.15, 0.2) is 11.6 Å². The second kappa shape index (κ2) is 6.46. The lowest BCUT2D eigenvalue weighted by Crippen LogP contribution is -2.34. The first-order valence-corrected chi connectivity index (χ1v) is 7.16. The average Bonchev–Trinajstić information content (AvgIpc) is 2.37. The summed E-state index contributed by atoms with van der Waals surface area (Å²) < 4.78 is 19.6. The standard InChI is InChI=1S/C17H19ClFNO/c1-17(2,20)10-13-8-14(18)16(15(19)9-13)21-11-12-6-4-3-5-7-12/h3-9H,10-11,20H2,1-2H3. The predicted molar refractivity (Wildman–Crippen MR) is 84.2 cm³/mol. The molecule has 0 aliphatic carbocycles. The van der Waals surface area contributed by atoms with Crippen molar-refractivity contribution in [2.45, 2.75) is 32.4 Å². The maximum Gasteiger partial charge on any atom is 0.174 e. The number of ether oxygens (including phenoxy) is 1. The van der Waals surface area contributed by atoms with E-state index in [1.54, 1.807) is 6.07 Å². The van der Waals surface area contributed by atoms with Crippen molar-refractivity contribution in [2.75, 3.05) is 0 Å². The van der Waals surface area contributed by atoms with Crippen LogP contribution < -0.4 is 10.5 Å². The van der Waals surface area contributed by atoms with Gasteiger partial charge in [-0.15, -0.1) is 0 Å². The van der Waals surface area contributed by atoms with Crippen molar-refractivity contribution in [3.05, 3.63) is 64.4 Å². The molecule has 0 unspecified atom stereocenters. The molecule has 0 saturated carbocycles. The Balaban J connectivity index is 2.14. The van der Waals surface area contributed by atoms with Gasteiger partial charge in [-0.05, 0) is 43.5 Å². The molecule has 0 aliphatic rings. The van der Waals surface area contributed by atoms with Crippen LogP contribution in [0.25, 0.3) is 0 Å². The molecular formula is C17H19ClFNO. The molecule has 2 N–H and O–H groups in total. The molecule has 0 heterocycles. The van der Waals surface area contributed by atoms with E-state index in [1.807, 2.05) is 44.2 Å². The Kier molecular flexibility index (Phi) is 4.86. The molecule has 4 heteroatoms. The van der Waals surface area contributed by atoms with Gasteiger partial charge in [0.2, 0.25) is 0 Å². The average molecular weight is 308 g/mol. The Morgan fingerprint density at radius 3 is 2.38 bits per heavy atom. The lowest BCUT2D eigenvalue weighted by Gasteiger charge is -2.19. The van der Waals surface area contributed by atoms with Crippen LogP contribution in [0.4, 0.5) is 4.39 Å². The molecule has 2 aromatic rings. The van der Waals surface area contributed by atoms with Crippen molar-refractivity contribution in [1.29, 1.82) is 0 Å². The number of halogens is 2. The van der Waals surface area contributed by atoms with Crippen LogP contribution in [0, 0.1) is 5.82 Å². The summed E-state index contributed by atoms with van der Waals surface area (Å²) in [5.41, 5.74) is 7.25. The van der Waals surface area contributed by atoms with Crippen LogP contribution in [0.2, 0.25) is 5.02 Å². The highest BCUT2D eigenvalue weighted by molar-refractivity contribution is 6.32. The largest absolute Gasteiger partial charge is 0.484 e. The third-order valence-corrected chi connectivity index (χ3v) is 3.22. The van der Waals surface area contributed by atoms with E-state index in [-0.39, 0.29) is 17.4 Å². The molecule has 21 heavy (non-hydrogen) atoms. The van der Waals surface area contributed by atoms with E-state index < -0.39 is 11.4 Å². The molecule has 0 radical (unpaired) electrons. The second-order valence-electron chi connectivity index (χ2n) is 5.83. The Morgan fingerprint density at radius 2 is 1.81 bits per heavy atom. The fourth-order valence-corrected chi connectivity index (χ4v) is 2.39. The van der Waals surface area contributed by atoms with E-state index in [4.69, 9.17) is 22.1 Å². The molecule has 2 aromatic carbocycles. The maximum absolute atomic E-state index is 14.1. The van der Waals surface area contributed by atoms with Crippen LogP contribution in [0.3, 0.4) is 0 Å². The zero-order chi connectivity index (χ0) is 15.5. The molecule has 0 aromatic heterocycles. The lowest BCUT2D eigenvalue weighted by atomic mass is 9.96. The summed E-state index contributed by atoms with van der Waals surface area (Å²) in [4.78, 5) is 0. The summed E-state index contributed by atoms with van der Waals surface area (Å²) in [6.07, 6.45) is 0.544. The van der Waals surface area contributed by atoms with Crippen LogP contribution in [0.15, 0.2) is 42.5 Å². The van der Waals surface area contributed by atoms with Crippen molar-refractivity contribution < 1.29 is 9.13 Å². The molecule has 2 rings (SSSR count). The molecule has 0 aliphatic heterocycles. The van der Waals surface area contributed by atoms with Gasteiger partial charge in [0, 0.05) is 5.54 Å². The number of nitrogens with two attached hydrogens (primary N) is 1. The Bertz CT molecular complexity index is 585. The molecule has 0 saturated heterocycles. The van der Waals surface area contributed by atoms with Gasteiger partial charge in [0.05, 0.1) is 5.02 Å². The van der Waals surface area contributed by atoms with Crippen molar-refractivity contribution >= 4 is 11.6 Å². The first-order chi connectivity index (χ1) is 9.85. The number of rotatable bonds is 5. The minimum atomic E-state index is -0.460. The highest BCUT2D eigenvalue weighted by Crippen LogP contribution is 2.31. The normalized spacial score (nSPS) is 11.5. The van der Waals surface area contributed by atoms with Crippen molar-refractivity contribution in [3.8, 4) is 5.75 Å². The molecule has 112 valence electrons. The van der Waals surface area contributed by atoms with Crippen molar-refractivity contribution in [2.24, 2.45) is 5.73 Å². The molecule has 0 atom stereocenters. The van der Waals surface area contributed by atoms with Crippen LogP contribution in [-0.2, 0) is 13.0 Å². The highest BCUT2D eigenvalue weighted by atomic mass is 35.5. The first kappa shape index (κ1) is 15.8. The molecule has 0 spiro atoms. The van der Waals surface area contributed by atoms with E-state index in [2.05, 4.69) is 0 Å². The number of hydrogen-bond donors (Lipinski definition) is 1.